The molecule has 2 saturated heterocycles. The van der Waals surface area contributed by atoms with Gasteiger partial charge in [0.15, 0.2) is 0 Å². The summed E-state index contributed by atoms with van der Waals surface area (Å²) in [6.07, 6.45) is 3.85. The van der Waals surface area contributed by atoms with Gasteiger partial charge in [0.1, 0.15) is 0 Å². The van der Waals surface area contributed by atoms with Crippen molar-refractivity contribution in [2.75, 3.05) is 39.5 Å². The first kappa shape index (κ1) is 16.7. The third-order valence-corrected chi connectivity index (χ3v) is 3.63. The number of ether oxygens (including phenoxy) is 2. The SMILES string of the molecule is Cl.O=C(CC1CNCCO1)NCCC1CCOCC1. The molecular formula is C13H25ClN2O3. The number of nitrogens with one attached hydrogen (secondary N) is 2. The van der Waals surface area contributed by atoms with Gasteiger partial charge in [-0.25, -0.2) is 0 Å². The van der Waals surface area contributed by atoms with E-state index in [1.807, 2.05) is 0 Å². The fourth-order valence-electron chi connectivity index (χ4n) is 2.48. The van der Waals surface area contributed by atoms with Crippen molar-refractivity contribution in [2.24, 2.45) is 5.92 Å². The van der Waals surface area contributed by atoms with Gasteiger partial charge < -0.3 is 20.1 Å². The number of halogens is 1. The van der Waals surface area contributed by atoms with Gasteiger partial charge >= 0.3 is 0 Å². The van der Waals surface area contributed by atoms with E-state index in [0.717, 1.165) is 52.1 Å². The van der Waals surface area contributed by atoms with Gasteiger partial charge in [-0.05, 0) is 25.2 Å². The van der Waals surface area contributed by atoms with Crippen LogP contribution in [0.5, 0.6) is 0 Å². The van der Waals surface area contributed by atoms with E-state index in [1.54, 1.807) is 0 Å². The molecule has 2 fully saturated rings. The summed E-state index contributed by atoms with van der Waals surface area (Å²) in [5, 5.41) is 6.22. The van der Waals surface area contributed by atoms with E-state index in [9.17, 15) is 4.79 Å². The van der Waals surface area contributed by atoms with Crippen molar-refractivity contribution < 1.29 is 14.3 Å². The summed E-state index contributed by atoms with van der Waals surface area (Å²) in [6, 6.07) is 0. The summed E-state index contributed by atoms with van der Waals surface area (Å²) < 4.78 is 10.8. The van der Waals surface area contributed by atoms with Crippen LogP contribution >= 0.6 is 12.4 Å². The predicted molar refractivity (Wildman–Crippen MR) is 75.6 cm³/mol. The molecule has 2 heterocycles. The van der Waals surface area contributed by atoms with E-state index >= 15 is 0 Å². The molecule has 5 nitrogen and oxygen atoms in total. The van der Waals surface area contributed by atoms with Gasteiger partial charge in [0.05, 0.1) is 19.1 Å². The zero-order chi connectivity index (χ0) is 12.6. The Morgan fingerprint density at radius 1 is 1.26 bits per heavy atom. The van der Waals surface area contributed by atoms with E-state index in [2.05, 4.69) is 10.6 Å². The second kappa shape index (κ2) is 9.53. The molecular weight excluding hydrogens is 268 g/mol. The Labute approximate surface area is 121 Å². The summed E-state index contributed by atoms with van der Waals surface area (Å²) in [5.74, 6) is 0.822. The second-order valence-electron chi connectivity index (χ2n) is 5.10. The van der Waals surface area contributed by atoms with Crippen LogP contribution in [-0.2, 0) is 14.3 Å². The number of carbonyl (C=O) groups is 1. The highest BCUT2D eigenvalue weighted by atomic mass is 35.5. The minimum atomic E-state index is 0. The number of carbonyl (C=O) groups excluding carboxylic acids is 1. The quantitative estimate of drug-likeness (QED) is 0.784. The standard InChI is InChI=1S/C13H24N2O3.ClH/c16-13(9-12-10-14-5-8-18-12)15-4-1-11-2-6-17-7-3-11;/h11-12,14H,1-10H2,(H,15,16);1H. The molecule has 0 spiro atoms. The smallest absolute Gasteiger partial charge is 0.222 e. The van der Waals surface area contributed by atoms with Gasteiger partial charge in [0.25, 0.3) is 0 Å². The molecule has 6 heteroatoms. The fourth-order valence-corrected chi connectivity index (χ4v) is 2.48. The fraction of sp³-hybridized carbons (Fsp3) is 0.923. The Balaban J connectivity index is 0.00000180. The van der Waals surface area contributed by atoms with Crippen LogP contribution in [0, 0.1) is 5.92 Å². The molecule has 2 aliphatic rings. The predicted octanol–water partition coefficient (Wildman–Crippen LogP) is 0.720. The zero-order valence-electron chi connectivity index (χ0n) is 11.4. The Bertz CT molecular complexity index is 254. The van der Waals surface area contributed by atoms with E-state index in [4.69, 9.17) is 9.47 Å². The van der Waals surface area contributed by atoms with Crippen LogP contribution < -0.4 is 10.6 Å². The first-order valence-corrected chi connectivity index (χ1v) is 7.01. The van der Waals surface area contributed by atoms with E-state index in [1.165, 1.54) is 0 Å². The van der Waals surface area contributed by atoms with Gasteiger partial charge in [-0.3, -0.25) is 4.79 Å². The molecule has 2 rings (SSSR count). The van der Waals surface area contributed by atoms with Crippen LogP contribution in [0.25, 0.3) is 0 Å². The highest BCUT2D eigenvalue weighted by Gasteiger charge is 2.18. The lowest BCUT2D eigenvalue weighted by Gasteiger charge is -2.24. The summed E-state index contributed by atoms with van der Waals surface area (Å²) in [7, 11) is 0. The van der Waals surface area contributed by atoms with Crippen molar-refractivity contribution in [2.45, 2.75) is 31.8 Å². The molecule has 0 radical (unpaired) electrons. The molecule has 2 N–H and O–H groups in total. The van der Waals surface area contributed by atoms with E-state index < -0.39 is 0 Å². The molecule has 2 aliphatic heterocycles. The largest absolute Gasteiger partial charge is 0.381 e. The number of rotatable bonds is 5. The zero-order valence-corrected chi connectivity index (χ0v) is 12.2. The first-order valence-electron chi connectivity index (χ1n) is 7.01. The van der Waals surface area contributed by atoms with Gasteiger partial charge in [-0.15, -0.1) is 12.4 Å². The van der Waals surface area contributed by atoms with Crippen molar-refractivity contribution in [3.05, 3.63) is 0 Å². The Kier molecular flexibility index (Phi) is 8.37. The third-order valence-electron chi connectivity index (χ3n) is 3.63. The molecule has 0 bridgehead atoms. The first-order chi connectivity index (χ1) is 8.84. The van der Waals surface area contributed by atoms with Crippen molar-refractivity contribution in [3.8, 4) is 0 Å². The van der Waals surface area contributed by atoms with Crippen molar-refractivity contribution in [3.63, 3.8) is 0 Å². The van der Waals surface area contributed by atoms with Gasteiger partial charge in [-0.1, -0.05) is 0 Å². The topological polar surface area (TPSA) is 59.6 Å². The Morgan fingerprint density at radius 2 is 2.05 bits per heavy atom. The lowest BCUT2D eigenvalue weighted by Crippen LogP contribution is -2.41. The van der Waals surface area contributed by atoms with Crippen LogP contribution in [-0.4, -0.2) is 51.5 Å². The average molecular weight is 293 g/mol. The monoisotopic (exact) mass is 292 g/mol. The van der Waals surface area contributed by atoms with Crippen LogP contribution in [0.2, 0.25) is 0 Å². The van der Waals surface area contributed by atoms with Crippen LogP contribution in [0.1, 0.15) is 25.7 Å². The number of hydrogen-bond acceptors (Lipinski definition) is 4. The van der Waals surface area contributed by atoms with Crippen molar-refractivity contribution in [1.82, 2.24) is 10.6 Å². The van der Waals surface area contributed by atoms with Crippen LogP contribution in [0.4, 0.5) is 0 Å². The molecule has 1 unspecified atom stereocenters. The highest BCUT2D eigenvalue weighted by Crippen LogP contribution is 2.17. The summed E-state index contributed by atoms with van der Waals surface area (Å²) in [6.45, 7) is 4.92. The number of amides is 1. The molecule has 1 atom stereocenters. The van der Waals surface area contributed by atoms with E-state index in [0.29, 0.717) is 18.9 Å². The normalized spacial score (nSPS) is 24.5. The molecule has 0 aromatic rings. The number of hydrogen-bond donors (Lipinski definition) is 2. The van der Waals surface area contributed by atoms with Crippen molar-refractivity contribution >= 4 is 18.3 Å². The molecule has 0 saturated carbocycles. The minimum Gasteiger partial charge on any atom is -0.381 e. The maximum absolute atomic E-state index is 11.7. The Morgan fingerprint density at radius 3 is 2.74 bits per heavy atom. The number of morpholine rings is 1. The molecule has 0 aromatic carbocycles. The van der Waals surface area contributed by atoms with Gasteiger partial charge in [0, 0.05) is 32.8 Å². The second-order valence-corrected chi connectivity index (χ2v) is 5.10. The van der Waals surface area contributed by atoms with Crippen LogP contribution in [0.15, 0.2) is 0 Å². The lowest BCUT2D eigenvalue weighted by molar-refractivity contribution is -0.124. The average Bonchev–Trinajstić information content (AvgIpc) is 2.41. The van der Waals surface area contributed by atoms with Gasteiger partial charge in [0.2, 0.25) is 5.91 Å². The summed E-state index contributed by atoms with van der Waals surface area (Å²) in [4.78, 5) is 11.7. The highest BCUT2D eigenvalue weighted by molar-refractivity contribution is 5.85. The summed E-state index contributed by atoms with van der Waals surface area (Å²) in [5.41, 5.74) is 0. The summed E-state index contributed by atoms with van der Waals surface area (Å²) >= 11 is 0. The molecule has 1 amide bonds. The lowest BCUT2D eigenvalue weighted by atomic mass is 9.97. The third kappa shape index (κ3) is 6.56. The minimum absolute atomic E-state index is 0. The van der Waals surface area contributed by atoms with E-state index in [-0.39, 0.29) is 24.4 Å². The molecule has 0 aliphatic carbocycles. The van der Waals surface area contributed by atoms with Gasteiger partial charge in [-0.2, -0.15) is 0 Å². The van der Waals surface area contributed by atoms with Crippen molar-refractivity contribution in [1.29, 1.82) is 0 Å². The molecule has 112 valence electrons. The maximum Gasteiger partial charge on any atom is 0.222 e. The molecule has 0 aromatic heterocycles. The van der Waals surface area contributed by atoms with Crippen LogP contribution in [0.3, 0.4) is 0 Å². The Hall–Kier alpha value is -0.360. The maximum atomic E-state index is 11.7. The molecule has 19 heavy (non-hydrogen) atoms.